The molecule has 0 saturated heterocycles. The first-order valence-corrected chi connectivity index (χ1v) is 9.40. The molecular formula is C17H15N5OS2. The van der Waals surface area contributed by atoms with E-state index in [2.05, 4.69) is 26.3 Å². The average Bonchev–Trinajstić information content (AvgIpc) is 3.05. The van der Waals surface area contributed by atoms with E-state index in [0.717, 1.165) is 16.6 Å². The molecule has 126 valence electrons. The smallest absolute Gasteiger partial charge is 0.190 e. The number of carbonyl (C=O) groups is 1. The Labute approximate surface area is 153 Å². The maximum atomic E-state index is 12.4. The lowest BCUT2D eigenvalue weighted by Gasteiger charge is -2.08. The maximum absolute atomic E-state index is 12.4. The fourth-order valence-electron chi connectivity index (χ4n) is 2.30. The van der Waals surface area contributed by atoms with Crippen LogP contribution in [-0.4, -0.2) is 33.5 Å². The number of thiazole rings is 1. The maximum Gasteiger partial charge on any atom is 0.190 e. The van der Waals surface area contributed by atoms with E-state index in [1.54, 1.807) is 7.05 Å². The molecule has 0 fully saturated rings. The topological polar surface area (TPSA) is 91.6 Å². The van der Waals surface area contributed by atoms with Gasteiger partial charge >= 0.3 is 0 Å². The second-order valence-corrected chi connectivity index (χ2v) is 7.10. The number of benzene rings is 1. The van der Waals surface area contributed by atoms with Gasteiger partial charge in [-0.3, -0.25) is 4.79 Å². The Balaban J connectivity index is 1.78. The molecule has 0 aliphatic carbocycles. The van der Waals surface area contributed by atoms with Crippen LogP contribution in [0.4, 0.5) is 5.82 Å². The van der Waals surface area contributed by atoms with Crippen LogP contribution in [0, 0.1) is 18.3 Å². The molecule has 1 unspecified atom stereocenters. The van der Waals surface area contributed by atoms with Gasteiger partial charge in [0.15, 0.2) is 16.9 Å². The lowest BCUT2D eigenvalue weighted by molar-refractivity contribution is -0.116. The van der Waals surface area contributed by atoms with Crippen LogP contribution in [0.2, 0.25) is 0 Å². The number of thioether (sulfide) groups is 1. The monoisotopic (exact) mass is 369 g/mol. The summed E-state index contributed by atoms with van der Waals surface area (Å²) in [4.78, 5) is 25.6. The van der Waals surface area contributed by atoms with E-state index < -0.39 is 5.92 Å². The molecule has 0 aliphatic heterocycles. The van der Waals surface area contributed by atoms with Crippen LogP contribution >= 0.6 is 23.1 Å². The van der Waals surface area contributed by atoms with Gasteiger partial charge in [0.05, 0.1) is 17.3 Å². The third-order valence-corrected chi connectivity index (χ3v) is 5.39. The van der Waals surface area contributed by atoms with E-state index >= 15 is 0 Å². The van der Waals surface area contributed by atoms with E-state index in [1.165, 1.54) is 23.1 Å². The Morgan fingerprint density at radius 3 is 2.84 bits per heavy atom. The lowest BCUT2D eigenvalue weighted by atomic mass is 10.1. The van der Waals surface area contributed by atoms with E-state index in [1.807, 2.05) is 36.6 Å². The summed E-state index contributed by atoms with van der Waals surface area (Å²) in [6.45, 7) is 1.84. The molecule has 1 atom stereocenters. The zero-order chi connectivity index (χ0) is 17.8. The van der Waals surface area contributed by atoms with Crippen molar-refractivity contribution in [3.8, 4) is 6.07 Å². The van der Waals surface area contributed by atoms with Crippen molar-refractivity contribution in [1.82, 2.24) is 15.0 Å². The summed E-state index contributed by atoms with van der Waals surface area (Å²) in [5, 5.41) is 16.2. The minimum atomic E-state index is -0.838. The molecule has 0 saturated carbocycles. The minimum absolute atomic E-state index is 0.123. The molecule has 0 radical (unpaired) electrons. The summed E-state index contributed by atoms with van der Waals surface area (Å²) in [6, 6.07) is 9.73. The second-order valence-electron chi connectivity index (χ2n) is 5.27. The largest absolute Gasteiger partial charge is 0.372 e. The minimum Gasteiger partial charge on any atom is -0.372 e. The van der Waals surface area contributed by atoms with Gasteiger partial charge in [-0.1, -0.05) is 23.9 Å². The van der Waals surface area contributed by atoms with Crippen molar-refractivity contribution in [2.75, 3.05) is 18.1 Å². The van der Waals surface area contributed by atoms with Gasteiger partial charge in [-0.05, 0) is 19.1 Å². The number of aryl methyl sites for hydroxylation is 1. The number of Topliss-reactive ketones (excluding diaryl/α,β-unsaturated/α-hetero) is 1. The number of anilines is 1. The number of hydrogen-bond donors (Lipinski definition) is 1. The van der Waals surface area contributed by atoms with Crippen molar-refractivity contribution in [1.29, 1.82) is 5.26 Å². The molecule has 6 nitrogen and oxygen atoms in total. The van der Waals surface area contributed by atoms with Crippen LogP contribution < -0.4 is 5.32 Å². The normalized spacial score (nSPS) is 11.9. The fourth-order valence-corrected chi connectivity index (χ4v) is 3.92. The van der Waals surface area contributed by atoms with E-state index in [9.17, 15) is 10.1 Å². The average molecular weight is 369 g/mol. The molecule has 8 heteroatoms. The molecular weight excluding hydrogens is 354 g/mol. The van der Waals surface area contributed by atoms with E-state index in [0.29, 0.717) is 16.0 Å². The zero-order valence-electron chi connectivity index (χ0n) is 13.7. The van der Waals surface area contributed by atoms with Crippen molar-refractivity contribution in [3.63, 3.8) is 0 Å². The van der Waals surface area contributed by atoms with Gasteiger partial charge < -0.3 is 5.32 Å². The van der Waals surface area contributed by atoms with Crippen LogP contribution in [-0.2, 0) is 4.79 Å². The predicted molar refractivity (Wildman–Crippen MR) is 100 cm³/mol. The lowest BCUT2D eigenvalue weighted by Crippen LogP contribution is -2.13. The Morgan fingerprint density at radius 1 is 1.36 bits per heavy atom. The van der Waals surface area contributed by atoms with Gasteiger partial charge in [0, 0.05) is 23.5 Å². The van der Waals surface area contributed by atoms with Crippen LogP contribution in [0.15, 0.2) is 34.8 Å². The highest BCUT2D eigenvalue weighted by atomic mass is 32.2. The highest BCUT2D eigenvalue weighted by Crippen LogP contribution is 2.26. The van der Waals surface area contributed by atoms with Crippen molar-refractivity contribution >= 4 is 45.6 Å². The predicted octanol–water partition coefficient (Wildman–Crippen LogP) is 3.41. The second kappa shape index (κ2) is 7.59. The highest BCUT2D eigenvalue weighted by Gasteiger charge is 2.23. The molecule has 1 aromatic carbocycles. The first-order chi connectivity index (χ1) is 12.1. The molecule has 0 bridgehead atoms. The number of ketones is 1. The number of para-hydroxylation sites is 1. The Morgan fingerprint density at radius 2 is 2.16 bits per heavy atom. The van der Waals surface area contributed by atoms with Crippen molar-refractivity contribution < 1.29 is 4.79 Å². The molecule has 2 heterocycles. The van der Waals surface area contributed by atoms with Crippen LogP contribution in [0.1, 0.15) is 16.6 Å². The van der Waals surface area contributed by atoms with Gasteiger partial charge in [0.1, 0.15) is 10.8 Å². The molecule has 25 heavy (non-hydrogen) atoms. The standard InChI is InChI=1S/C17H15N5OS2/c1-10-8-24-16(20-10)12(7-18)14(23)9-25-17-21-13-6-4-3-5-11(13)15(19-2)22-17/h3-6,8,12H,9H2,1-2H3,(H,19,21,22). The van der Waals surface area contributed by atoms with Crippen LogP contribution in [0.5, 0.6) is 0 Å². The van der Waals surface area contributed by atoms with Crippen LogP contribution in [0.25, 0.3) is 10.9 Å². The molecule has 2 aromatic heterocycles. The van der Waals surface area contributed by atoms with Gasteiger partial charge in [-0.25, -0.2) is 15.0 Å². The molecule has 0 amide bonds. The number of nitriles is 1. The number of hydrogen-bond acceptors (Lipinski definition) is 8. The van der Waals surface area contributed by atoms with Crippen molar-refractivity contribution in [2.45, 2.75) is 18.0 Å². The molecule has 0 spiro atoms. The highest BCUT2D eigenvalue weighted by molar-refractivity contribution is 7.99. The number of fused-ring (bicyclic) bond motifs is 1. The summed E-state index contributed by atoms with van der Waals surface area (Å²) < 4.78 is 0. The Kier molecular flexibility index (Phi) is 5.26. The third-order valence-electron chi connectivity index (χ3n) is 3.50. The summed E-state index contributed by atoms with van der Waals surface area (Å²) in [6.07, 6.45) is 0. The number of carbonyl (C=O) groups excluding carboxylic acids is 1. The van der Waals surface area contributed by atoms with E-state index in [4.69, 9.17) is 0 Å². The van der Waals surface area contributed by atoms with Crippen molar-refractivity contribution in [3.05, 3.63) is 40.3 Å². The third kappa shape index (κ3) is 3.78. The summed E-state index contributed by atoms with van der Waals surface area (Å²) in [7, 11) is 1.80. The molecule has 3 aromatic rings. The van der Waals surface area contributed by atoms with Crippen molar-refractivity contribution in [2.24, 2.45) is 0 Å². The SMILES string of the molecule is CNc1nc(SCC(=O)C(C#N)c2nc(C)cs2)nc2ccccc12. The van der Waals surface area contributed by atoms with Gasteiger partial charge in [-0.2, -0.15) is 5.26 Å². The Hall–Kier alpha value is -2.50. The van der Waals surface area contributed by atoms with Gasteiger partial charge in [0.2, 0.25) is 0 Å². The van der Waals surface area contributed by atoms with Gasteiger partial charge in [0.25, 0.3) is 0 Å². The summed E-state index contributed by atoms with van der Waals surface area (Å²) in [5.74, 6) is -0.189. The summed E-state index contributed by atoms with van der Waals surface area (Å²) >= 11 is 2.57. The first kappa shape index (κ1) is 17.3. The number of nitrogens with zero attached hydrogens (tertiary/aromatic N) is 4. The molecule has 3 rings (SSSR count). The number of nitrogens with one attached hydrogen (secondary N) is 1. The molecule has 1 N–H and O–H groups in total. The fraction of sp³-hybridized carbons (Fsp3) is 0.235. The number of aromatic nitrogens is 3. The summed E-state index contributed by atoms with van der Waals surface area (Å²) in [5.41, 5.74) is 1.63. The number of rotatable bonds is 6. The first-order valence-electron chi connectivity index (χ1n) is 7.54. The Bertz CT molecular complexity index is 963. The molecule has 0 aliphatic rings. The van der Waals surface area contributed by atoms with Gasteiger partial charge in [-0.15, -0.1) is 11.3 Å². The van der Waals surface area contributed by atoms with E-state index in [-0.39, 0.29) is 11.5 Å². The quantitative estimate of drug-likeness (QED) is 0.526. The zero-order valence-corrected chi connectivity index (χ0v) is 15.3. The van der Waals surface area contributed by atoms with Crippen LogP contribution in [0.3, 0.4) is 0 Å².